The van der Waals surface area contributed by atoms with Crippen molar-refractivity contribution in [2.24, 2.45) is 5.92 Å². The molecular weight excluding hydrogens is 436 g/mol. The van der Waals surface area contributed by atoms with Crippen LogP contribution in [0.1, 0.15) is 12.8 Å². The summed E-state index contributed by atoms with van der Waals surface area (Å²) in [6.07, 6.45) is 2.34. The lowest BCUT2D eigenvalue weighted by atomic mass is 9.98. The third kappa shape index (κ3) is 4.79. The van der Waals surface area contributed by atoms with Crippen LogP contribution in [-0.2, 0) is 24.8 Å². The van der Waals surface area contributed by atoms with Crippen molar-refractivity contribution >= 4 is 31.6 Å². The summed E-state index contributed by atoms with van der Waals surface area (Å²) >= 11 is 0. The van der Waals surface area contributed by atoms with Crippen molar-refractivity contribution in [2.75, 3.05) is 45.5 Å². The molecule has 1 unspecified atom stereocenters. The quantitative estimate of drug-likeness (QED) is 0.449. The van der Waals surface area contributed by atoms with E-state index in [9.17, 15) is 31.7 Å². The van der Waals surface area contributed by atoms with Crippen LogP contribution in [0.4, 0.5) is 5.69 Å². The molecule has 2 aliphatic rings. The Morgan fingerprint density at radius 2 is 1.60 bits per heavy atom. The largest absolute Gasteiger partial charge is 0.340 e. The maximum Gasteiger partial charge on any atom is 0.269 e. The minimum Gasteiger partial charge on any atom is -0.340 e. The van der Waals surface area contributed by atoms with Gasteiger partial charge in [0.1, 0.15) is 0 Å². The summed E-state index contributed by atoms with van der Waals surface area (Å²) in [5.41, 5.74) is -0.194. The third-order valence-corrected chi connectivity index (χ3v) is 8.62. The van der Waals surface area contributed by atoms with E-state index in [-0.39, 0.29) is 49.2 Å². The van der Waals surface area contributed by atoms with Crippen LogP contribution in [0.3, 0.4) is 0 Å². The van der Waals surface area contributed by atoms with Crippen molar-refractivity contribution in [3.8, 4) is 0 Å². The molecule has 2 fully saturated rings. The van der Waals surface area contributed by atoms with E-state index in [1.54, 1.807) is 4.90 Å². The third-order valence-electron chi connectivity index (χ3n) is 5.44. The van der Waals surface area contributed by atoms with Gasteiger partial charge in [-0.05, 0) is 25.0 Å². The number of nitro benzene ring substituents is 1. The Labute approximate surface area is 175 Å². The van der Waals surface area contributed by atoms with Gasteiger partial charge in [0.05, 0.1) is 22.0 Å². The average molecular weight is 461 g/mol. The second kappa shape index (κ2) is 8.57. The van der Waals surface area contributed by atoms with Gasteiger partial charge in [-0.3, -0.25) is 14.9 Å². The van der Waals surface area contributed by atoms with Gasteiger partial charge in [-0.2, -0.15) is 4.31 Å². The lowest BCUT2D eigenvalue weighted by Crippen LogP contribution is -2.53. The summed E-state index contributed by atoms with van der Waals surface area (Å²) in [5.74, 6) is -0.581. The van der Waals surface area contributed by atoms with Gasteiger partial charge < -0.3 is 4.90 Å². The van der Waals surface area contributed by atoms with Crippen LogP contribution in [0.5, 0.6) is 0 Å². The van der Waals surface area contributed by atoms with Crippen LogP contribution in [0.15, 0.2) is 29.2 Å². The summed E-state index contributed by atoms with van der Waals surface area (Å²) in [5, 5.41) is 10.7. The van der Waals surface area contributed by atoms with Gasteiger partial charge >= 0.3 is 0 Å². The molecule has 1 aromatic rings. The van der Waals surface area contributed by atoms with Crippen LogP contribution in [-0.4, -0.2) is 86.7 Å². The number of carbonyl (C=O) groups excluding carboxylic acids is 1. The maximum atomic E-state index is 12.8. The second-order valence-electron chi connectivity index (χ2n) is 7.44. The molecule has 1 atom stereocenters. The van der Waals surface area contributed by atoms with Crippen molar-refractivity contribution in [1.29, 1.82) is 0 Å². The molecule has 2 saturated heterocycles. The predicted octanol–water partition coefficient (Wildman–Crippen LogP) is 0.0993. The van der Waals surface area contributed by atoms with E-state index < -0.39 is 30.9 Å². The zero-order valence-corrected chi connectivity index (χ0v) is 18.1. The summed E-state index contributed by atoms with van der Waals surface area (Å²) in [4.78, 5) is 24.5. The number of sulfonamides is 2. The lowest BCUT2D eigenvalue weighted by Gasteiger charge is -2.38. The first-order valence-electron chi connectivity index (χ1n) is 9.48. The van der Waals surface area contributed by atoms with Gasteiger partial charge in [-0.25, -0.2) is 21.1 Å². The van der Waals surface area contributed by atoms with Crippen LogP contribution in [0.2, 0.25) is 0 Å². The highest BCUT2D eigenvalue weighted by Gasteiger charge is 2.35. The van der Waals surface area contributed by atoms with Crippen LogP contribution in [0, 0.1) is 16.0 Å². The van der Waals surface area contributed by atoms with Gasteiger partial charge in [-0.15, -0.1) is 0 Å². The zero-order chi connectivity index (χ0) is 22.1. The Bertz CT molecular complexity index is 1020. The molecule has 2 heterocycles. The van der Waals surface area contributed by atoms with E-state index in [0.29, 0.717) is 19.4 Å². The van der Waals surface area contributed by atoms with Crippen molar-refractivity contribution in [1.82, 2.24) is 13.5 Å². The predicted molar refractivity (Wildman–Crippen MR) is 108 cm³/mol. The molecule has 0 radical (unpaired) electrons. The fraction of sp³-hybridized carbons (Fsp3) is 0.588. The number of piperidine rings is 1. The number of nitrogens with zero attached hydrogens (tertiary/aromatic N) is 4. The molecule has 2 aliphatic heterocycles. The molecule has 0 bridgehead atoms. The molecule has 3 rings (SSSR count). The van der Waals surface area contributed by atoms with Crippen LogP contribution in [0.25, 0.3) is 0 Å². The lowest BCUT2D eigenvalue weighted by molar-refractivity contribution is -0.384. The van der Waals surface area contributed by atoms with Gasteiger partial charge in [-0.1, -0.05) is 0 Å². The minimum atomic E-state index is -3.82. The number of hydrogen-bond acceptors (Lipinski definition) is 7. The SMILES string of the molecule is CS(=O)(=O)N1CCCC(C(=O)N2CCN(S(=O)(=O)c3ccc([N+](=O)[O-])cc3)CC2)C1. The highest BCUT2D eigenvalue weighted by molar-refractivity contribution is 7.89. The Kier molecular flexibility index (Phi) is 6.45. The molecule has 1 aromatic carbocycles. The second-order valence-corrected chi connectivity index (χ2v) is 11.4. The summed E-state index contributed by atoms with van der Waals surface area (Å²) in [7, 11) is -7.18. The Hall–Kier alpha value is -2.09. The van der Waals surface area contributed by atoms with E-state index in [4.69, 9.17) is 0 Å². The molecule has 1 amide bonds. The zero-order valence-electron chi connectivity index (χ0n) is 16.5. The number of benzene rings is 1. The molecule has 0 spiro atoms. The molecule has 13 heteroatoms. The highest BCUT2D eigenvalue weighted by atomic mass is 32.2. The maximum absolute atomic E-state index is 12.8. The minimum absolute atomic E-state index is 0.0380. The Balaban J connectivity index is 1.62. The van der Waals surface area contributed by atoms with Crippen molar-refractivity contribution in [2.45, 2.75) is 17.7 Å². The van der Waals surface area contributed by atoms with Gasteiger partial charge in [0, 0.05) is 51.4 Å². The molecule has 30 heavy (non-hydrogen) atoms. The fourth-order valence-corrected chi connectivity index (χ4v) is 6.07. The van der Waals surface area contributed by atoms with Gasteiger partial charge in [0.25, 0.3) is 5.69 Å². The first-order chi connectivity index (χ1) is 14.0. The van der Waals surface area contributed by atoms with Crippen LogP contribution < -0.4 is 0 Å². The number of rotatable bonds is 5. The fourth-order valence-electron chi connectivity index (χ4n) is 3.74. The summed E-state index contributed by atoms with van der Waals surface area (Å²) in [6.45, 7) is 1.19. The Morgan fingerprint density at radius 3 is 2.13 bits per heavy atom. The number of hydrogen-bond donors (Lipinski definition) is 0. The van der Waals surface area contributed by atoms with Gasteiger partial charge in [0.15, 0.2) is 0 Å². The monoisotopic (exact) mass is 460 g/mol. The van der Waals surface area contributed by atoms with Crippen molar-refractivity contribution in [3.05, 3.63) is 34.4 Å². The molecular formula is C17H24N4O7S2. The smallest absolute Gasteiger partial charge is 0.269 e. The van der Waals surface area contributed by atoms with E-state index >= 15 is 0 Å². The highest BCUT2D eigenvalue weighted by Crippen LogP contribution is 2.24. The van der Waals surface area contributed by atoms with Crippen molar-refractivity contribution in [3.63, 3.8) is 0 Å². The van der Waals surface area contributed by atoms with E-state index in [2.05, 4.69) is 0 Å². The molecule has 0 saturated carbocycles. The summed E-state index contributed by atoms with van der Waals surface area (Å²) in [6, 6.07) is 4.69. The van der Waals surface area contributed by atoms with E-state index in [0.717, 1.165) is 18.4 Å². The van der Waals surface area contributed by atoms with E-state index in [1.807, 2.05) is 0 Å². The first kappa shape index (κ1) is 22.6. The molecule has 11 nitrogen and oxygen atoms in total. The normalized spacial score (nSPS) is 22.0. The standard InChI is InChI=1S/C17H24N4O7S2/c1-29(25,26)20-8-2-3-14(13-20)17(22)18-9-11-19(12-10-18)30(27,28)16-6-4-15(5-7-16)21(23)24/h4-7,14H,2-3,8-13H2,1H3. The average Bonchev–Trinajstić information content (AvgIpc) is 2.73. The van der Waals surface area contributed by atoms with Crippen LogP contribution >= 0.6 is 0 Å². The number of non-ortho nitro benzene ring substituents is 1. The topological polar surface area (TPSA) is 138 Å². The first-order valence-corrected chi connectivity index (χ1v) is 12.8. The number of amides is 1. The number of carbonyl (C=O) groups is 1. The molecule has 0 aliphatic carbocycles. The molecule has 166 valence electrons. The summed E-state index contributed by atoms with van der Waals surface area (Å²) < 4.78 is 51.7. The van der Waals surface area contributed by atoms with Gasteiger partial charge in [0.2, 0.25) is 26.0 Å². The molecule has 0 aromatic heterocycles. The molecule has 0 N–H and O–H groups in total. The number of piperazine rings is 1. The number of nitro groups is 1. The Morgan fingerprint density at radius 1 is 1.00 bits per heavy atom. The van der Waals surface area contributed by atoms with Crippen molar-refractivity contribution < 1.29 is 26.6 Å². The van der Waals surface area contributed by atoms with E-state index in [1.165, 1.54) is 20.7 Å².